The Kier molecular flexibility index (Phi) is 4.97. The molecule has 2 heteroatoms. The molecule has 0 heterocycles. The van der Waals surface area contributed by atoms with Gasteiger partial charge >= 0.3 is 5.97 Å². The lowest BCUT2D eigenvalue weighted by Crippen LogP contribution is -2.07. The van der Waals surface area contributed by atoms with Crippen LogP contribution in [0.15, 0.2) is 103 Å². The zero-order valence-corrected chi connectivity index (χ0v) is 17.3. The van der Waals surface area contributed by atoms with E-state index in [1.807, 2.05) is 24.3 Å². The highest BCUT2D eigenvalue weighted by atomic mass is 16.5. The highest BCUT2D eigenvalue weighted by molar-refractivity contribution is 5.93. The zero-order chi connectivity index (χ0) is 21.2. The van der Waals surface area contributed by atoms with Crippen LogP contribution in [0.3, 0.4) is 0 Å². The summed E-state index contributed by atoms with van der Waals surface area (Å²) in [6, 6.07) is 35.8. The summed E-state index contributed by atoms with van der Waals surface area (Å²) in [5, 5.41) is 4.76. The standard InChI is InChI=1S/C29H22O2/c1-31-29(30)19-28-26(24-15-13-20-7-2-4-9-22(20)17-24)11-6-12-27(28)25-16-14-21-8-3-5-10-23(21)18-25/h2-18H,19H2,1H3. The van der Waals surface area contributed by atoms with Gasteiger partial charge in [-0.25, -0.2) is 0 Å². The fourth-order valence-electron chi connectivity index (χ4n) is 4.25. The predicted octanol–water partition coefficient (Wildman–Crippen LogP) is 7.04. The van der Waals surface area contributed by atoms with E-state index in [2.05, 4.69) is 78.9 Å². The molecule has 0 radical (unpaired) electrons. The molecule has 5 aromatic carbocycles. The van der Waals surface area contributed by atoms with Gasteiger partial charge in [0.2, 0.25) is 0 Å². The molecule has 0 aliphatic rings. The molecule has 31 heavy (non-hydrogen) atoms. The lowest BCUT2D eigenvalue weighted by Gasteiger charge is -2.16. The topological polar surface area (TPSA) is 26.3 Å². The Balaban J connectivity index is 1.71. The van der Waals surface area contributed by atoms with Gasteiger partial charge in [0.15, 0.2) is 0 Å². The Bertz CT molecular complexity index is 1320. The molecule has 5 aromatic rings. The van der Waals surface area contributed by atoms with Crippen LogP contribution in [0.4, 0.5) is 0 Å². The highest BCUT2D eigenvalue weighted by Gasteiger charge is 2.16. The van der Waals surface area contributed by atoms with E-state index in [1.54, 1.807) is 0 Å². The van der Waals surface area contributed by atoms with Gasteiger partial charge in [-0.3, -0.25) is 4.79 Å². The van der Waals surface area contributed by atoms with Crippen LogP contribution >= 0.6 is 0 Å². The monoisotopic (exact) mass is 402 g/mol. The molecule has 0 spiro atoms. The number of benzene rings is 5. The number of fused-ring (bicyclic) bond motifs is 2. The number of hydrogen-bond donors (Lipinski definition) is 0. The fraction of sp³-hybridized carbons (Fsp3) is 0.0690. The molecule has 0 saturated heterocycles. The van der Waals surface area contributed by atoms with Crippen LogP contribution in [-0.4, -0.2) is 13.1 Å². The number of methoxy groups -OCH3 is 1. The van der Waals surface area contributed by atoms with Crippen LogP contribution in [0.2, 0.25) is 0 Å². The summed E-state index contributed by atoms with van der Waals surface area (Å²) in [4.78, 5) is 12.4. The molecule has 5 rings (SSSR count). The van der Waals surface area contributed by atoms with E-state index in [0.29, 0.717) is 0 Å². The van der Waals surface area contributed by atoms with Crippen LogP contribution < -0.4 is 0 Å². The van der Waals surface area contributed by atoms with Crippen molar-refractivity contribution < 1.29 is 9.53 Å². The lowest BCUT2D eigenvalue weighted by atomic mass is 9.88. The van der Waals surface area contributed by atoms with E-state index in [4.69, 9.17) is 4.74 Å². The largest absolute Gasteiger partial charge is 0.469 e. The first kappa shape index (κ1) is 19.1. The molecule has 0 aliphatic carbocycles. The maximum Gasteiger partial charge on any atom is 0.310 e. The molecule has 0 aliphatic heterocycles. The molecule has 0 fully saturated rings. The van der Waals surface area contributed by atoms with E-state index in [-0.39, 0.29) is 12.4 Å². The van der Waals surface area contributed by atoms with Gasteiger partial charge in [0.1, 0.15) is 0 Å². The SMILES string of the molecule is COC(=O)Cc1c(-c2ccc3ccccc3c2)cccc1-c1ccc2ccccc2c1. The van der Waals surface area contributed by atoms with Crippen molar-refractivity contribution in [2.24, 2.45) is 0 Å². The van der Waals surface area contributed by atoms with Crippen LogP contribution in [0.25, 0.3) is 43.8 Å². The quantitative estimate of drug-likeness (QED) is 0.301. The number of ether oxygens (including phenoxy) is 1. The van der Waals surface area contributed by atoms with Gasteiger partial charge in [-0.05, 0) is 61.5 Å². The zero-order valence-electron chi connectivity index (χ0n) is 17.3. The molecule has 2 nitrogen and oxygen atoms in total. The van der Waals surface area contributed by atoms with Crippen molar-refractivity contribution in [2.75, 3.05) is 7.11 Å². The minimum absolute atomic E-state index is 0.224. The second-order valence-corrected chi connectivity index (χ2v) is 7.71. The van der Waals surface area contributed by atoms with E-state index in [9.17, 15) is 4.79 Å². The summed E-state index contributed by atoms with van der Waals surface area (Å²) < 4.78 is 5.04. The maximum atomic E-state index is 12.4. The summed E-state index contributed by atoms with van der Waals surface area (Å²) >= 11 is 0. The molecule has 0 amide bonds. The molecule has 0 aromatic heterocycles. The van der Waals surface area contributed by atoms with Gasteiger partial charge in [0, 0.05) is 0 Å². The summed E-state index contributed by atoms with van der Waals surface area (Å²) in [5.74, 6) is -0.240. The van der Waals surface area contributed by atoms with Gasteiger partial charge in [0.05, 0.1) is 13.5 Å². The van der Waals surface area contributed by atoms with Crippen LogP contribution in [-0.2, 0) is 16.0 Å². The molecular weight excluding hydrogens is 380 g/mol. The third-order valence-corrected chi connectivity index (χ3v) is 5.85. The smallest absolute Gasteiger partial charge is 0.310 e. The first-order valence-corrected chi connectivity index (χ1v) is 10.4. The molecule has 0 N–H and O–H groups in total. The van der Waals surface area contributed by atoms with Crippen LogP contribution in [0.1, 0.15) is 5.56 Å². The summed E-state index contributed by atoms with van der Waals surface area (Å²) in [6.07, 6.45) is 0.224. The van der Waals surface area contributed by atoms with Gasteiger partial charge in [-0.15, -0.1) is 0 Å². The van der Waals surface area contributed by atoms with Crippen molar-refractivity contribution in [2.45, 2.75) is 6.42 Å². The van der Waals surface area contributed by atoms with E-state index in [0.717, 1.165) is 27.8 Å². The van der Waals surface area contributed by atoms with E-state index >= 15 is 0 Å². The maximum absolute atomic E-state index is 12.4. The Labute approximate surface area is 181 Å². The third kappa shape index (κ3) is 3.69. The minimum atomic E-state index is -0.240. The van der Waals surface area contributed by atoms with Crippen molar-refractivity contribution in [3.8, 4) is 22.3 Å². The predicted molar refractivity (Wildman–Crippen MR) is 128 cm³/mol. The van der Waals surface area contributed by atoms with Crippen molar-refractivity contribution in [1.29, 1.82) is 0 Å². The number of carbonyl (C=O) groups excluding carboxylic acids is 1. The number of esters is 1. The lowest BCUT2D eigenvalue weighted by molar-refractivity contribution is -0.139. The van der Waals surface area contributed by atoms with Crippen molar-refractivity contribution >= 4 is 27.5 Å². The molecule has 0 unspecified atom stereocenters. The van der Waals surface area contributed by atoms with Gasteiger partial charge < -0.3 is 4.74 Å². The summed E-state index contributed by atoms with van der Waals surface area (Å²) in [5.41, 5.74) is 5.30. The van der Waals surface area contributed by atoms with E-state index < -0.39 is 0 Å². The average molecular weight is 402 g/mol. The third-order valence-electron chi connectivity index (χ3n) is 5.85. The Hall–Kier alpha value is -3.91. The minimum Gasteiger partial charge on any atom is -0.469 e. The van der Waals surface area contributed by atoms with Gasteiger partial charge in [-0.1, -0.05) is 91.0 Å². The summed E-state index contributed by atoms with van der Waals surface area (Å²) in [7, 11) is 1.44. The number of carbonyl (C=O) groups is 1. The van der Waals surface area contributed by atoms with Crippen molar-refractivity contribution in [3.05, 3.63) is 109 Å². The Morgan fingerprint density at radius 2 is 1.10 bits per heavy atom. The van der Waals surface area contributed by atoms with Gasteiger partial charge in [0.25, 0.3) is 0 Å². The second kappa shape index (κ2) is 8.08. The molecule has 150 valence electrons. The van der Waals surface area contributed by atoms with Crippen molar-refractivity contribution in [1.82, 2.24) is 0 Å². The van der Waals surface area contributed by atoms with Crippen LogP contribution in [0, 0.1) is 0 Å². The molecular formula is C29H22O2. The first-order valence-electron chi connectivity index (χ1n) is 10.4. The Morgan fingerprint density at radius 1 is 0.613 bits per heavy atom. The fourth-order valence-corrected chi connectivity index (χ4v) is 4.25. The average Bonchev–Trinajstić information content (AvgIpc) is 2.83. The molecule has 0 bridgehead atoms. The highest BCUT2D eigenvalue weighted by Crippen LogP contribution is 2.35. The first-order chi connectivity index (χ1) is 15.2. The number of hydrogen-bond acceptors (Lipinski definition) is 2. The molecule has 0 saturated carbocycles. The van der Waals surface area contributed by atoms with E-state index in [1.165, 1.54) is 28.7 Å². The normalized spacial score (nSPS) is 11.0. The second-order valence-electron chi connectivity index (χ2n) is 7.71. The van der Waals surface area contributed by atoms with Gasteiger partial charge in [-0.2, -0.15) is 0 Å². The van der Waals surface area contributed by atoms with Crippen molar-refractivity contribution in [3.63, 3.8) is 0 Å². The summed E-state index contributed by atoms with van der Waals surface area (Å²) in [6.45, 7) is 0. The molecule has 0 atom stereocenters. The number of rotatable bonds is 4. The van der Waals surface area contributed by atoms with Crippen LogP contribution in [0.5, 0.6) is 0 Å². The Morgan fingerprint density at radius 3 is 1.58 bits per heavy atom.